The Hall–Kier alpha value is -0.540. The predicted octanol–water partition coefficient (Wildman–Crippen LogP) is 2.31. The summed E-state index contributed by atoms with van der Waals surface area (Å²) >= 11 is 5.81. The summed E-state index contributed by atoms with van der Waals surface area (Å²) in [6, 6.07) is 5.02. The second-order valence-corrected chi connectivity index (χ2v) is 5.28. The van der Waals surface area contributed by atoms with Gasteiger partial charge in [0.1, 0.15) is 0 Å². The lowest BCUT2D eigenvalue weighted by atomic mass is 10.2. The van der Waals surface area contributed by atoms with Crippen LogP contribution < -0.4 is 0 Å². The lowest BCUT2D eigenvalue weighted by Crippen LogP contribution is -1.98. The van der Waals surface area contributed by atoms with Crippen LogP contribution in [0.3, 0.4) is 0 Å². The highest BCUT2D eigenvalue weighted by molar-refractivity contribution is 7.90. The molecule has 13 heavy (non-hydrogen) atoms. The Kier molecular flexibility index (Phi) is 2.98. The van der Waals surface area contributed by atoms with Gasteiger partial charge >= 0.3 is 0 Å². The van der Waals surface area contributed by atoms with Gasteiger partial charge in [-0.1, -0.05) is 24.6 Å². The zero-order chi connectivity index (χ0) is 10.1. The third-order valence-electron chi connectivity index (χ3n) is 1.80. The van der Waals surface area contributed by atoms with Gasteiger partial charge in [-0.25, -0.2) is 8.42 Å². The van der Waals surface area contributed by atoms with Gasteiger partial charge in [-0.15, -0.1) is 0 Å². The summed E-state index contributed by atoms with van der Waals surface area (Å²) in [5, 5.41) is 0.307. The van der Waals surface area contributed by atoms with Gasteiger partial charge in [-0.2, -0.15) is 0 Å². The minimum absolute atomic E-state index is 0.200. The third kappa shape index (κ3) is 2.45. The molecule has 1 aromatic carbocycles. The SMILES string of the molecule is CCc1ccc(S(C)(=O)=O)c(Cl)c1. The fraction of sp³-hybridized carbons (Fsp3) is 0.333. The highest BCUT2D eigenvalue weighted by atomic mass is 35.5. The van der Waals surface area contributed by atoms with Gasteiger partial charge in [0.2, 0.25) is 0 Å². The lowest BCUT2D eigenvalue weighted by Gasteiger charge is -2.03. The molecule has 0 spiro atoms. The minimum atomic E-state index is -3.19. The second-order valence-electron chi connectivity index (χ2n) is 2.89. The van der Waals surface area contributed by atoms with Crippen molar-refractivity contribution < 1.29 is 8.42 Å². The van der Waals surface area contributed by atoms with E-state index in [-0.39, 0.29) is 4.90 Å². The maximum absolute atomic E-state index is 11.2. The molecule has 0 saturated carbocycles. The first-order chi connectivity index (χ1) is 5.95. The van der Waals surface area contributed by atoms with Crippen molar-refractivity contribution in [2.24, 2.45) is 0 Å². The molecule has 0 N–H and O–H groups in total. The first-order valence-corrected chi connectivity index (χ1v) is 6.20. The maximum atomic E-state index is 11.2. The number of halogens is 1. The van der Waals surface area contributed by atoms with Crippen LogP contribution in [0.1, 0.15) is 12.5 Å². The zero-order valence-electron chi connectivity index (χ0n) is 7.54. The predicted molar refractivity (Wildman–Crippen MR) is 53.9 cm³/mol. The number of sulfone groups is 1. The smallest absolute Gasteiger partial charge is 0.176 e. The Balaban J connectivity index is 3.29. The first-order valence-electron chi connectivity index (χ1n) is 3.93. The summed E-state index contributed by atoms with van der Waals surface area (Å²) in [5.74, 6) is 0. The summed E-state index contributed by atoms with van der Waals surface area (Å²) in [6.07, 6.45) is 2.00. The fourth-order valence-corrected chi connectivity index (χ4v) is 2.42. The quantitative estimate of drug-likeness (QED) is 0.764. The van der Waals surface area contributed by atoms with Gasteiger partial charge in [-0.3, -0.25) is 0 Å². The van der Waals surface area contributed by atoms with Crippen LogP contribution in [0.25, 0.3) is 0 Å². The monoisotopic (exact) mass is 218 g/mol. The first kappa shape index (κ1) is 10.5. The van der Waals surface area contributed by atoms with Gasteiger partial charge in [0.05, 0.1) is 9.92 Å². The molecule has 0 aliphatic carbocycles. The Morgan fingerprint density at radius 1 is 1.38 bits per heavy atom. The number of benzene rings is 1. The van der Waals surface area contributed by atoms with E-state index in [0.29, 0.717) is 5.02 Å². The molecule has 1 aromatic rings. The molecule has 0 heterocycles. The van der Waals surface area contributed by atoms with Crippen LogP contribution in [0, 0.1) is 0 Å². The summed E-state index contributed by atoms with van der Waals surface area (Å²) in [6.45, 7) is 1.99. The largest absolute Gasteiger partial charge is 0.224 e. The number of aryl methyl sites for hydroxylation is 1. The molecular weight excluding hydrogens is 208 g/mol. The normalized spacial score (nSPS) is 11.6. The van der Waals surface area contributed by atoms with E-state index in [1.54, 1.807) is 18.2 Å². The highest BCUT2D eigenvalue weighted by Gasteiger charge is 2.11. The lowest BCUT2D eigenvalue weighted by molar-refractivity contribution is 0.602. The molecule has 1 rings (SSSR count). The molecular formula is C9H11ClO2S. The van der Waals surface area contributed by atoms with Gasteiger partial charge in [0, 0.05) is 6.26 Å². The van der Waals surface area contributed by atoms with Crippen LogP contribution in [-0.4, -0.2) is 14.7 Å². The van der Waals surface area contributed by atoms with Crippen molar-refractivity contribution in [2.75, 3.05) is 6.26 Å². The molecule has 0 amide bonds. The van der Waals surface area contributed by atoms with Gasteiger partial charge in [0.25, 0.3) is 0 Å². The standard InChI is InChI=1S/C9H11ClO2S/c1-3-7-4-5-9(8(10)6-7)13(2,11)12/h4-6H,3H2,1-2H3. The Morgan fingerprint density at radius 3 is 2.38 bits per heavy atom. The van der Waals surface area contributed by atoms with E-state index >= 15 is 0 Å². The molecule has 0 atom stereocenters. The minimum Gasteiger partial charge on any atom is -0.224 e. The van der Waals surface area contributed by atoms with Crippen molar-refractivity contribution in [3.8, 4) is 0 Å². The van der Waals surface area contributed by atoms with Crippen molar-refractivity contribution in [2.45, 2.75) is 18.2 Å². The molecule has 0 aliphatic heterocycles. The van der Waals surface area contributed by atoms with E-state index in [0.717, 1.165) is 18.2 Å². The van der Waals surface area contributed by atoms with Crippen molar-refractivity contribution >= 4 is 21.4 Å². The Labute approximate surface area is 83.5 Å². The third-order valence-corrected chi connectivity index (χ3v) is 3.38. The van der Waals surface area contributed by atoms with Crippen LogP contribution in [0.4, 0.5) is 0 Å². The van der Waals surface area contributed by atoms with Crippen molar-refractivity contribution in [3.05, 3.63) is 28.8 Å². The van der Waals surface area contributed by atoms with E-state index < -0.39 is 9.84 Å². The van der Waals surface area contributed by atoms with Gasteiger partial charge in [-0.05, 0) is 24.1 Å². The van der Waals surface area contributed by atoms with Crippen LogP contribution >= 0.6 is 11.6 Å². The number of hydrogen-bond acceptors (Lipinski definition) is 2. The molecule has 4 heteroatoms. The van der Waals surface area contributed by atoms with E-state index in [1.165, 1.54) is 0 Å². The molecule has 0 bridgehead atoms. The molecule has 0 radical (unpaired) electrons. The van der Waals surface area contributed by atoms with Crippen molar-refractivity contribution in [1.82, 2.24) is 0 Å². The van der Waals surface area contributed by atoms with E-state index in [9.17, 15) is 8.42 Å². The summed E-state index contributed by atoms with van der Waals surface area (Å²) in [4.78, 5) is 0.200. The maximum Gasteiger partial charge on any atom is 0.176 e. The molecule has 0 unspecified atom stereocenters. The topological polar surface area (TPSA) is 34.1 Å². The second kappa shape index (κ2) is 3.68. The summed E-state index contributed by atoms with van der Waals surface area (Å²) in [7, 11) is -3.19. The molecule has 72 valence electrons. The van der Waals surface area contributed by atoms with Gasteiger partial charge in [0.15, 0.2) is 9.84 Å². The summed E-state index contributed by atoms with van der Waals surface area (Å²) < 4.78 is 22.3. The fourth-order valence-electron chi connectivity index (χ4n) is 1.06. The van der Waals surface area contributed by atoms with Crippen molar-refractivity contribution in [3.63, 3.8) is 0 Å². The van der Waals surface area contributed by atoms with Crippen LogP contribution in [0.2, 0.25) is 5.02 Å². The average Bonchev–Trinajstić information content (AvgIpc) is 2.01. The molecule has 0 fully saturated rings. The molecule has 0 aliphatic rings. The molecule has 0 saturated heterocycles. The number of hydrogen-bond donors (Lipinski definition) is 0. The number of rotatable bonds is 2. The zero-order valence-corrected chi connectivity index (χ0v) is 9.11. The Bertz CT molecular complexity index is 410. The van der Waals surface area contributed by atoms with E-state index in [4.69, 9.17) is 11.6 Å². The molecule has 2 nitrogen and oxygen atoms in total. The Morgan fingerprint density at radius 2 is 2.00 bits per heavy atom. The molecule has 0 aromatic heterocycles. The van der Waals surface area contributed by atoms with E-state index in [2.05, 4.69) is 0 Å². The van der Waals surface area contributed by atoms with E-state index in [1.807, 2.05) is 6.92 Å². The highest BCUT2D eigenvalue weighted by Crippen LogP contribution is 2.22. The van der Waals surface area contributed by atoms with Gasteiger partial charge < -0.3 is 0 Å². The van der Waals surface area contributed by atoms with Crippen LogP contribution in [0.5, 0.6) is 0 Å². The van der Waals surface area contributed by atoms with Crippen molar-refractivity contribution in [1.29, 1.82) is 0 Å². The average molecular weight is 219 g/mol. The summed E-state index contributed by atoms with van der Waals surface area (Å²) in [5.41, 5.74) is 1.04. The van der Waals surface area contributed by atoms with Crippen LogP contribution in [0.15, 0.2) is 23.1 Å². The van der Waals surface area contributed by atoms with Crippen LogP contribution in [-0.2, 0) is 16.3 Å².